The predicted molar refractivity (Wildman–Crippen MR) is 113 cm³/mol. The lowest BCUT2D eigenvalue weighted by atomic mass is 10.1. The number of rotatable bonds is 8. The van der Waals surface area contributed by atoms with Crippen molar-refractivity contribution in [3.05, 3.63) is 66.2 Å². The minimum atomic E-state index is -0.0227. The first-order valence-electron chi connectivity index (χ1n) is 9.80. The Morgan fingerprint density at radius 2 is 1.69 bits per heavy atom. The zero-order chi connectivity index (χ0) is 20.2. The molecule has 5 heteroatoms. The fourth-order valence-electron chi connectivity index (χ4n) is 3.48. The summed E-state index contributed by atoms with van der Waals surface area (Å²) in [4.78, 5) is 14.8. The largest absolute Gasteiger partial charge is 0.497 e. The summed E-state index contributed by atoms with van der Waals surface area (Å²) < 4.78 is 16.6. The van der Waals surface area contributed by atoms with Crippen LogP contribution in [0.4, 0.5) is 0 Å². The lowest BCUT2D eigenvalue weighted by Crippen LogP contribution is -2.36. The van der Waals surface area contributed by atoms with Gasteiger partial charge in [0.1, 0.15) is 17.2 Å². The molecule has 0 aromatic heterocycles. The highest BCUT2D eigenvalue weighted by Gasteiger charge is 2.33. The van der Waals surface area contributed by atoms with Gasteiger partial charge < -0.3 is 19.1 Å². The van der Waals surface area contributed by atoms with Crippen molar-refractivity contribution >= 4 is 16.7 Å². The van der Waals surface area contributed by atoms with E-state index in [1.165, 1.54) is 0 Å². The first-order chi connectivity index (χ1) is 14.2. The first kappa shape index (κ1) is 19.1. The van der Waals surface area contributed by atoms with Crippen molar-refractivity contribution in [1.82, 2.24) is 4.90 Å². The Kier molecular flexibility index (Phi) is 5.56. The minimum absolute atomic E-state index is 0.0150. The monoisotopic (exact) mass is 391 g/mol. The Morgan fingerprint density at radius 1 is 0.931 bits per heavy atom. The highest BCUT2D eigenvalue weighted by atomic mass is 16.5. The van der Waals surface area contributed by atoms with Crippen LogP contribution in [-0.2, 0) is 11.3 Å². The molecule has 0 aliphatic heterocycles. The van der Waals surface area contributed by atoms with E-state index in [0.29, 0.717) is 12.3 Å². The molecular formula is C24H25NO4. The molecule has 0 N–H and O–H groups in total. The van der Waals surface area contributed by atoms with Crippen molar-refractivity contribution in [3.8, 4) is 17.2 Å². The van der Waals surface area contributed by atoms with Gasteiger partial charge in [-0.3, -0.25) is 4.79 Å². The fraction of sp³-hybridized carbons (Fsp3) is 0.292. The van der Waals surface area contributed by atoms with E-state index in [1.54, 1.807) is 14.2 Å². The average molecular weight is 391 g/mol. The normalized spacial score (nSPS) is 13.2. The van der Waals surface area contributed by atoms with Crippen LogP contribution < -0.4 is 14.2 Å². The predicted octanol–water partition coefficient (Wildman–Crippen LogP) is 4.43. The van der Waals surface area contributed by atoms with Crippen molar-refractivity contribution in [3.63, 3.8) is 0 Å². The maximum absolute atomic E-state index is 12.9. The topological polar surface area (TPSA) is 48.0 Å². The average Bonchev–Trinajstić information content (AvgIpc) is 3.60. The van der Waals surface area contributed by atoms with E-state index >= 15 is 0 Å². The molecule has 1 saturated carbocycles. The summed E-state index contributed by atoms with van der Waals surface area (Å²) in [6.45, 7) is 0.492. The number of methoxy groups -OCH3 is 2. The summed E-state index contributed by atoms with van der Waals surface area (Å²) in [5.41, 5.74) is 0.929. The molecule has 0 bridgehead atoms. The number of carbonyl (C=O) groups excluding carboxylic acids is 1. The molecule has 4 rings (SSSR count). The fourth-order valence-corrected chi connectivity index (χ4v) is 3.48. The van der Waals surface area contributed by atoms with Crippen LogP contribution in [0.3, 0.4) is 0 Å². The van der Waals surface area contributed by atoms with E-state index < -0.39 is 0 Å². The number of ether oxygens (including phenoxy) is 3. The minimum Gasteiger partial charge on any atom is -0.497 e. The van der Waals surface area contributed by atoms with E-state index in [-0.39, 0.29) is 18.6 Å². The molecule has 0 radical (unpaired) electrons. The van der Waals surface area contributed by atoms with Crippen molar-refractivity contribution < 1.29 is 19.0 Å². The lowest BCUT2D eigenvalue weighted by Gasteiger charge is -2.24. The number of hydrogen-bond donors (Lipinski definition) is 0. The SMILES string of the molecule is COc1ccc(OC)c(CN(C(=O)COc2ccc3ccccc3c2)C2CC2)c1. The molecule has 1 aliphatic rings. The molecule has 150 valence electrons. The number of benzene rings is 3. The molecule has 0 unspecified atom stereocenters. The quantitative estimate of drug-likeness (QED) is 0.570. The van der Waals surface area contributed by atoms with Gasteiger partial charge in [-0.25, -0.2) is 0 Å². The van der Waals surface area contributed by atoms with Gasteiger partial charge in [0.15, 0.2) is 6.61 Å². The van der Waals surface area contributed by atoms with E-state index in [1.807, 2.05) is 59.5 Å². The van der Waals surface area contributed by atoms with Crippen LogP contribution in [0.5, 0.6) is 17.2 Å². The molecule has 0 saturated heterocycles. The number of carbonyl (C=O) groups is 1. The maximum Gasteiger partial charge on any atom is 0.261 e. The highest BCUT2D eigenvalue weighted by molar-refractivity contribution is 5.84. The van der Waals surface area contributed by atoms with Gasteiger partial charge >= 0.3 is 0 Å². The van der Waals surface area contributed by atoms with Crippen LogP contribution in [-0.4, -0.2) is 37.7 Å². The van der Waals surface area contributed by atoms with Gasteiger partial charge in [-0.1, -0.05) is 30.3 Å². The molecule has 3 aromatic carbocycles. The number of hydrogen-bond acceptors (Lipinski definition) is 4. The maximum atomic E-state index is 12.9. The van der Waals surface area contributed by atoms with Crippen molar-refractivity contribution in [1.29, 1.82) is 0 Å². The van der Waals surface area contributed by atoms with Gasteiger partial charge in [0, 0.05) is 18.2 Å². The molecule has 1 fully saturated rings. The van der Waals surface area contributed by atoms with Gasteiger partial charge in [0.05, 0.1) is 14.2 Å². The Morgan fingerprint density at radius 3 is 2.41 bits per heavy atom. The summed E-state index contributed by atoms with van der Waals surface area (Å²) in [5, 5.41) is 2.24. The number of fused-ring (bicyclic) bond motifs is 1. The summed E-state index contributed by atoms with van der Waals surface area (Å²) in [7, 11) is 3.27. The summed E-state index contributed by atoms with van der Waals surface area (Å²) >= 11 is 0. The van der Waals surface area contributed by atoms with Gasteiger partial charge in [-0.15, -0.1) is 0 Å². The molecule has 1 aliphatic carbocycles. The van der Waals surface area contributed by atoms with E-state index in [0.717, 1.165) is 40.7 Å². The Balaban J connectivity index is 1.46. The van der Waals surface area contributed by atoms with Crippen LogP contribution in [0.25, 0.3) is 10.8 Å². The standard InChI is InChI=1S/C24H25NO4/c1-27-21-11-12-23(28-2)19(14-21)15-25(20-8-9-20)24(26)16-29-22-10-7-17-5-3-4-6-18(17)13-22/h3-7,10-14,20H,8-9,15-16H2,1-2H3. The van der Waals surface area contributed by atoms with Gasteiger partial charge in [0.25, 0.3) is 5.91 Å². The summed E-state index contributed by atoms with van der Waals surface area (Å²) in [6, 6.07) is 19.9. The smallest absolute Gasteiger partial charge is 0.261 e. The van der Waals surface area contributed by atoms with Crippen LogP contribution in [0, 0.1) is 0 Å². The van der Waals surface area contributed by atoms with Crippen molar-refractivity contribution in [2.45, 2.75) is 25.4 Å². The number of nitrogens with zero attached hydrogens (tertiary/aromatic N) is 1. The summed E-state index contributed by atoms with van der Waals surface area (Å²) in [6.07, 6.45) is 2.04. The second-order valence-corrected chi connectivity index (χ2v) is 7.23. The van der Waals surface area contributed by atoms with Crippen molar-refractivity contribution in [2.24, 2.45) is 0 Å². The van der Waals surface area contributed by atoms with Gasteiger partial charge in [-0.05, 0) is 53.9 Å². The zero-order valence-electron chi connectivity index (χ0n) is 16.8. The molecule has 5 nitrogen and oxygen atoms in total. The van der Waals surface area contributed by atoms with E-state index in [9.17, 15) is 4.79 Å². The lowest BCUT2D eigenvalue weighted by molar-refractivity contribution is -0.134. The van der Waals surface area contributed by atoms with Gasteiger partial charge in [-0.2, -0.15) is 0 Å². The first-order valence-corrected chi connectivity index (χ1v) is 9.80. The van der Waals surface area contributed by atoms with Crippen LogP contribution in [0.1, 0.15) is 18.4 Å². The molecule has 1 amide bonds. The third-order valence-electron chi connectivity index (χ3n) is 5.22. The number of amides is 1. The Labute approximate surface area is 170 Å². The van der Waals surface area contributed by atoms with Gasteiger partial charge in [0.2, 0.25) is 0 Å². The van der Waals surface area contributed by atoms with Crippen LogP contribution in [0.15, 0.2) is 60.7 Å². The third-order valence-corrected chi connectivity index (χ3v) is 5.22. The second kappa shape index (κ2) is 8.43. The molecule has 0 heterocycles. The molecule has 29 heavy (non-hydrogen) atoms. The van der Waals surface area contributed by atoms with E-state index in [4.69, 9.17) is 14.2 Å². The third kappa shape index (κ3) is 4.45. The molecule has 0 atom stereocenters. The van der Waals surface area contributed by atoms with Crippen LogP contribution in [0.2, 0.25) is 0 Å². The highest BCUT2D eigenvalue weighted by Crippen LogP contribution is 2.32. The second-order valence-electron chi connectivity index (χ2n) is 7.23. The molecule has 3 aromatic rings. The Hall–Kier alpha value is -3.21. The molecule has 0 spiro atoms. The van der Waals surface area contributed by atoms with Crippen LogP contribution >= 0.6 is 0 Å². The van der Waals surface area contributed by atoms with E-state index in [2.05, 4.69) is 6.07 Å². The zero-order valence-corrected chi connectivity index (χ0v) is 16.8. The summed E-state index contributed by atoms with van der Waals surface area (Å²) in [5.74, 6) is 2.17. The molecular weight excluding hydrogens is 366 g/mol. The van der Waals surface area contributed by atoms with Crippen molar-refractivity contribution in [2.75, 3.05) is 20.8 Å². The Bertz CT molecular complexity index is 1010.